The van der Waals surface area contributed by atoms with E-state index in [1.165, 1.54) is 16.4 Å². The standard InChI is InChI=1S/C23H18Cl3N3O5S2/c24-16-3-1-15(2-4-16)23(30)27-9-11-28(12-10-27)36(33,34)22-14-18(29(31)32)6-8-20(22)35-21-13-17(25)5-7-19(21)26/h1-8,13-14H,9-12H2. The Labute approximate surface area is 226 Å². The number of nitro groups is 1. The van der Waals surface area contributed by atoms with Crippen molar-refractivity contribution in [3.8, 4) is 0 Å². The third kappa shape index (κ3) is 5.80. The van der Waals surface area contributed by atoms with E-state index in [0.717, 1.165) is 17.8 Å². The van der Waals surface area contributed by atoms with Gasteiger partial charge in [0.2, 0.25) is 10.0 Å². The van der Waals surface area contributed by atoms with E-state index in [1.807, 2.05) is 0 Å². The zero-order valence-corrected chi connectivity index (χ0v) is 22.3. The predicted octanol–water partition coefficient (Wildman–Crippen LogP) is 5.85. The Hall–Kier alpha value is -2.34. The molecule has 188 valence electrons. The lowest BCUT2D eigenvalue weighted by Gasteiger charge is -2.34. The van der Waals surface area contributed by atoms with Crippen molar-refractivity contribution in [2.45, 2.75) is 14.7 Å². The summed E-state index contributed by atoms with van der Waals surface area (Å²) in [6, 6.07) is 14.9. The quantitative estimate of drug-likeness (QED) is 0.265. The van der Waals surface area contributed by atoms with E-state index in [4.69, 9.17) is 34.8 Å². The summed E-state index contributed by atoms with van der Waals surface area (Å²) in [5, 5.41) is 12.7. The molecule has 1 saturated heterocycles. The fourth-order valence-corrected chi connectivity index (χ4v) is 7.05. The number of benzene rings is 3. The van der Waals surface area contributed by atoms with Crippen LogP contribution in [0.4, 0.5) is 5.69 Å². The molecule has 1 amide bonds. The van der Waals surface area contributed by atoms with Crippen LogP contribution >= 0.6 is 46.6 Å². The molecule has 0 saturated carbocycles. The van der Waals surface area contributed by atoms with Gasteiger partial charge < -0.3 is 4.90 Å². The van der Waals surface area contributed by atoms with Crippen LogP contribution in [-0.2, 0) is 10.0 Å². The number of nitrogens with zero attached hydrogens (tertiary/aromatic N) is 3. The van der Waals surface area contributed by atoms with Gasteiger partial charge in [-0.2, -0.15) is 4.31 Å². The van der Waals surface area contributed by atoms with Crippen molar-refractivity contribution in [1.29, 1.82) is 0 Å². The number of hydrogen-bond donors (Lipinski definition) is 0. The maximum absolute atomic E-state index is 13.6. The first-order valence-electron chi connectivity index (χ1n) is 10.5. The molecule has 1 aliphatic rings. The van der Waals surface area contributed by atoms with Gasteiger partial charge >= 0.3 is 0 Å². The molecule has 0 spiro atoms. The van der Waals surface area contributed by atoms with E-state index in [-0.39, 0.29) is 47.6 Å². The molecule has 8 nitrogen and oxygen atoms in total. The molecule has 0 aliphatic carbocycles. The molecule has 13 heteroatoms. The molecular weight excluding hydrogens is 569 g/mol. The normalized spacial score (nSPS) is 14.6. The fraction of sp³-hybridized carbons (Fsp3) is 0.174. The number of carbonyl (C=O) groups excluding carboxylic acids is 1. The van der Waals surface area contributed by atoms with Crippen LogP contribution in [0.2, 0.25) is 15.1 Å². The van der Waals surface area contributed by atoms with Gasteiger partial charge in [-0.3, -0.25) is 14.9 Å². The lowest BCUT2D eigenvalue weighted by atomic mass is 10.2. The number of halogens is 3. The average Bonchev–Trinajstić information content (AvgIpc) is 2.86. The van der Waals surface area contributed by atoms with Crippen LogP contribution in [0.25, 0.3) is 0 Å². The van der Waals surface area contributed by atoms with Crippen molar-refractivity contribution in [3.05, 3.63) is 91.4 Å². The van der Waals surface area contributed by atoms with Gasteiger partial charge in [0.25, 0.3) is 11.6 Å². The molecule has 1 heterocycles. The Bertz CT molecular complexity index is 1430. The van der Waals surface area contributed by atoms with Crippen LogP contribution in [0.1, 0.15) is 10.4 Å². The molecular formula is C23H18Cl3N3O5S2. The molecule has 0 bridgehead atoms. The van der Waals surface area contributed by atoms with Gasteiger partial charge in [-0.1, -0.05) is 46.6 Å². The van der Waals surface area contributed by atoms with E-state index >= 15 is 0 Å². The number of rotatable bonds is 6. The van der Waals surface area contributed by atoms with Crippen molar-refractivity contribution in [1.82, 2.24) is 9.21 Å². The molecule has 0 N–H and O–H groups in total. The highest BCUT2D eigenvalue weighted by Gasteiger charge is 2.33. The molecule has 3 aromatic rings. The number of sulfonamides is 1. The second kappa shape index (κ2) is 11.0. The van der Waals surface area contributed by atoms with Crippen LogP contribution < -0.4 is 0 Å². The second-order valence-corrected chi connectivity index (χ2v) is 12.0. The van der Waals surface area contributed by atoms with Gasteiger partial charge in [-0.25, -0.2) is 8.42 Å². The highest BCUT2D eigenvalue weighted by atomic mass is 35.5. The van der Waals surface area contributed by atoms with Crippen molar-refractivity contribution in [2.24, 2.45) is 0 Å². The zero-order chi connectivity index (χ0) is 26.0. The molecule has 0 atom stereocenters. The summed E-state index contributed by atoms with van der Waals surface area (Å²) in [6.45, 7) is 0.398. The average molecular weight is 587 g/mol. The first-order valence-corrected chi connectivity index (χ1v) is 13.9. The summed E-state index contributed by atoms with van der Waals surface area (Å²) < 4.78 is 28.5. The number of amides is 1. The lowest BCUT2D eigenvalue weighted by molar-refractivity contribution is -0.385. The third-order valence-electron chi connectivity index (χ3n) is 5.49. The van der Waals surface area contributed by atoms with Crippen LogP contribution in [-0.4, -0.2) is 54.6 Å². The minimum absolute atomic E-state index is 0.0341. The maximum atomic E-state index is 13.6. The molecule has 0 aromatic heterocycles. The summed E-state index contributed by atoms with van der Waals surface area (Å²) in [5.74, 6) is -0.231. The number of carbonyl (C=O) groups is 1. The van der Waals surface area contributed by atoms with E-state index in [2.05, 4.69) is 0 Å². The Morgan fingerprint density at radius 1 is 0.861 bits per heavy atom. The van der Waals surface area contributed by atoms with Crippen molar-refractivity contribution in [2.75, 3.05) is 26.2 Å². The van der Waals surface area contributed by atoms with E-state index in [0.29, 0.717) is 25.5 Å². The zero-order valence-electron chi connectivity index (χ0n) is 18.4. The maximum Gasteiger partial charge on any atom is 0.270 e. The Morgan fingerprint density at radius 2 is 1.50 bits per heavy atom. The van der Waals surface area contributed by atoms with E-state index < -0.39 is 14.9 Å². The topological polar surface area (TPSA) is 101 Å². The monoisotopic (exact) mass is 585 g/mol. The molecule has 3 aromatic carbocycles. The number of piperazine rings is 1. The summed E-state index contributed by atoms with van der Waals surface area (Å²) >= 11 is 19.3. The molecule has 36 heavy (non-hydrogen) atoms. The highest BCUT2D eigenvalue weighted by Crippen LogP contribution is 2.40. The molecule has 1 fully saturated rings. The lowest BCUT2D eigenvalue weighted by Crippen LogP contribution is -2.50. The number of non-ortho nitro benzene ring substituents is 1. The number of nitro benzene ring substituents is 1. The van der Waals surface area contributed by atoms with E-state index in [9.17, 15) is 23.3 Å². The van der Waals surface area contributed by atoms with Gasteiger partial charge in [0, 0.05) is 63.7 Å². The SMILES string of the molecule is O=C(c1ccc(Cl)cc1)N1CCN(S(=O)(=O)c2cc([N+](=O)[O-])ccc2Sc2cc(Cl)ccc2Cl)CC1. The smallest absolute Gasteiger partial charge is 0.270 e. The van der Waals surface area contributed by atoms with Crippen LogP contribution in [0.3, 0.4) is 0 Å². The van der Waals surface area contributed by atoms with E-state index in [1.54, 1.807) is 47.4 Å². The van der Waals surface area contributed by atoms with Crippen LogP contribution in [0.5, 0.6) is 0 Å². The Kier molecular flexibility index (Phi) is 8.13. The molecule has 1 aliphatic heterocycles. The third-order valence-corrected chi connectivity index (χ3v) is 9.62. The Balaban J connectivity index is 1.60. The molecule has 0 unspecified atom stereocenters. The minimum Gasteiger partial charge on any atom is -0.336 e. The molecule has 4 rings (SSSR count). The minimum atomic E-state index is -4.13. The van der Waals surface area contributed by atoms with Crippen LogP contribution in [0.15, 0.2) is 75.4 Å². The second-order valence-electron chi connectivity index (χ2n) is 7.77. The van der Waals surface area contributed by atoms with Gasteiger partial charge in [-0.05, 0) is 48.5 Å². The first-order chi connectivity index (χ1) is 17.1. The molecule has 0 radical (unpaired) electrons. The Morgan fingerprint density at radius 3 is 2.14 bits per heavy atom. The fourth-order valence-electron chi connectivity index (χ4n) is 3.62. The summed E-state index contributed by atoms with van der Waals surface area (Å²) in [5.41, 5.74) is 0.0955. The van der Waals surface area contributed by atoms with Gasteiger partial charge in [-0.15, -0.1) is 0 Å². The predicted molar refractivity (Wildman–Crippen MR) is 140 cm³/mol. The number of hydrogen-bond acceptors (Lipinski definition) is 6. The van der Waals surface area contributed by atoms with Gasteiger partial charge in [0.05, 0.1) is 9.95 Å². The summed E-state index contributed by atoms with van der Waals surface area (Å²) in [4.78, 5) is 25.7. The largest absolute Gasteiger partial charge is 0.336 e. The van der Waals surface area contributed by atoms with Gasteiger partial charge in [0.1, 0.15) is 4.90 Å². The summed E-state index contributed by atoms with van der Waals surface area (Å²) in [6.07, 6.45) is 0. The summed E-state index contributed by atoms with van der Waals surface area (Å²) in [7, 11) is -4.13. The van der Waals surface area contributed by atoms with Crippen molar-refractivity contribution < 1.29 is 18.1 Å². The van der Waals surface area contributed by atoms with Crippen LogP contribution in [0, 0.1) is 10.1 Å². The van der Waals surface area contributed by atoms with Gasteiger partial charge in [0.15, 0.2) is 0 Å². The van der Waals surface area contributed by atoms with Crippen molar-refractivity contribution >= 4 is 68.2 Å². The first kappa shape index (κ1) is 26.7. The highest BCUT2D eigenvalue weighted by molar-refractivity contribution is 8.00. The van der Waals surface area contributed by atoms with Crippen molar-refractivity contribution in [3.63, 3.8) is 0 Å².